The molecular weight excluding hydrogens is 425 g/mol. The van der Waals surface area contributed by atoms with Gasteiger partial charge in [-0.3, -0.25) is 4.79 Å². The summed E-state index contributed by atoms with van der Waals surface area (Å²) in [5, 5.41) is 13.2. The number of carbonyl (C=O) groups excluding carboxylic acids is 2. The van der Waals surface area contributed by atoms with E-state index in [4.69, 9.17) is 9.47 Å². The van der Waals surface area contributed by atoms with Crippen LogP contribution >= 0.6 is 0 Å². The number of hydrogen-bond acceptors (Lipinski definition) is 5. The lowest BCUT2D eigenvalue weighted by molar-refractivity contribution is -0.143. The maximum atomic E-state index is 15.7. The molecule has 6 nitrogen and oxygen atoms in total. The third-order valence-electron chi connectivity index (χ3n) is 5.35. The molecule has 0 unspecified atom stereocenters. The number of benzene rings is 2. The zero-order chi connectivity index (χ0) is 24.3. The first kappa shape index (κ1) is 24.6. The van der Waals surface area contributed by atoms with Gasteiger partial charge in [-0.25, -0.2) is 9.18 Å². The van der Waals surface area contributed by atoms with E-state index in [1.165, 1.54) is 0 Å². The lowest BCUT2D eigenvalue weighted by atomic mass is 9.92. The Labute approximate surface area is 194 Å². The van der Waals surface area contributed by atoms with E-state index in [9.17, 15) is 14.7 Å². The lowest BCUT2D eigenvalue weighted by Crippen LogP contribution is -2.36. The smallest absolute Gasteiger partial charge is 0.408 e. The molecule has 0 radical (unpaired) electrons. The van der Waals surface area contributed by atoms with Gasteiger partial charge in [-0.2, -0.15) is 0 Å². The van der Waals surface area contributed by atoms with Crippen molar-refractivity contribution >= 4 is 12.1 Å². The van der Waals surface area contributed by atoms with Crippen LogP contribution in [0.1, 0.15) is 75.6 Å². The summed E-state index contributed by atoms with van der Waals surface area (Å²) >= 11 is 0. The Morgan fingerprint density at radius 3 is 2.48 bits per heavy atom. The number of halogens is 1. The fraction of sp³-hybridized carbons (Fsp3) is 0.462. The van der Waals surface area contributed by atoms with Crippen LogP contribution in [0.3, 0.4) is 0 Å². The molecule has 1 aliphatic rings. The molecule has 1 amide bonds. The number of ether oxygens (including phenoxy) is 2. The van der Waals surface area contributed by atoms with Crippen LogP contribution in [0.15, 0.2) is 30.3 Å². The zero-order valence-corrected chi connectivity index (χ0v) is 19.8. The summed E-state index contributed by atoms with van der Waals surface area (Å²) in [5.41, 5.74) is 1.98. The Morgan fingerprint density at radius 1 is 1.21 bits per heavy atom. The van der Waals surface area contributed by atoms with Crippen LogP contribution in [0.5, 0.6) is 5.75 Å². The molecule has 0 aliphatic heterocycles. The minimum atomic E-state index is -0.996. The van der Waals surface area contributed by atoms with Crippen molar-refractivity contribution in [3.63, 3.8) is 0 Å². The van der Waals surface area contributed by atoms with E-state index < -0.39 is 29.5 Å². The number of aryl methyl sites for hydroxylation is 1. The molecule has 0 saturated heterocycles. The molecule has 7 heteroatoms. The van der Waals surface area contributed by atoms with Crippen molar-refractivity contribution in [2.24, 2.45) is 0 Å². The average Bonchev–Trinajstić information content (AvgIpc) is 3.52. The molecule has 0 bridgehead atoms. The summed E-state index contributed by atoms with van der Waals surface area (Å²) in [6.45, 7) is 8.89. The van der Waals surface area contributed by atoms with Gasteiger partial charge in [0.1, 0.15) is 17.2 Å². The summed E-state index contributed by atoms with van der Waals surface area (Å²) in [6.07, 6.45) is 0.716. The third kappa shape index (κ3) is 6.46. The predicted molar refractivity (Wildman–Crippen MR) is 124 cm³/mol. The van der Waals surface area contributed by atoms with Crippen molar-refractivity contribution in [3.8, 4) is 16.9 Å². The maximum absolute atomic E-state index is 15.7. The summed E-state index contributed by atoms with van der Waals surface area (Å²) in [4.78, 5) is 24.8. The first-order chi connectivity index (χ1) is 15.5. The van der Waals surface area contributed by atoms with Gasteiger partial charge in [-0.05, 0) is 88.3 Å². The Kier molecular flexibility index (Phi) is 7.30. The Balaban J connectivity index is 2.07. The molecule has 178 valence electrons. The Bertz CT molecular complexity index is 1040. The quantitative estimate of drug-likeness (QED) is 0.506. The van der Waals surface area contributed by atoms with Gasteiger partial charge < -0.3 is 19.9 Å². The van der Waals surface area contributed by atoms with Crippen molar-refractivity contribution in [3.05, 3.63) is 52.8 Å². The van der Waals surface area contributed by atoms with Crippen LogP contribution in [0, 0.1) is 12.7 Å². The van der Waals surface area contributed by atoms with E-state index in [2.05, 4.69) is 5.32 Å². The number of carbonyl (C=O) groups is 2. The molecule has 0 aromatic heterocycles. The number of alkyl carbamates (subject to hydrolysis) is 1. The first-order valence-electron chi connectivity index (χ1n) is 11.3. The highest BCUT2D eigenvalue weighted by Gasteiger charge is 2.32. The molecule has 1 aliphatic carbocycles. The molecule has 3 rings (SSSR count). The van der Waals surface area contributed by atoms with Crippen LogP contribution in [0.2, 0.25) is 0 Å². The van der Waals surface area contributed by atoms with Crippen LogP contribution < -0.4 is 5.32 Å². The molecule has 0 spiro atoms. The number of amides is 1. The van der Waals surface area contributed by atoms with Crippen molar-refractivity contribution < 1.29 is 28.6 Å². The average molecular weight is 458 g/mol. The second-order valence-corrected chi connectivity index (χ2v) is 9.47. The van der Waals surface area contributed by atoms with Crippen molar-refractivity contribution in [2.45, 2.75) is 71.4 Å². The van der Waals surface area contributed by atoms with Gasteiger partial charge in [0.05, 0.1) is 19.1 Å². The second kappa shape index (κ2) is 9.81. The fourth-order valence-corrected chi connectivity index (χ4v) is 3.73. The molecular formula is C26H32FNO5. The molecule has 2 aromatic carbocycles. The molecule has 1 saturated carbocycles. The minimum absolute atomic E-state index is 0.0704. The topological polar surface area (TPSA) is 84.9 Å². The molecule has 0 heterocycles. The van der Waals surface area contributed by atoms with Crippen molar-refractivity contribution in [1.29, 1.82) is 0 Å². The van der Waals surface area contributed by atoms with Gasteiger partial charge in [0.25, 0.3) is 0 Å². The normalized spacial score (nSPS) is 14.5. The third-order valence-corrected chi connectivity index (χ3v) is 5.35. The van der Waals surface area contributed by atoms with Gasteiger partial charge in [0.2, 0.25) is 0 Å². The molecule has 2 N–H and O–H groups in total. The summed E-state index contributed by atoms with van der Waals surface area (Å²) in [5.74, 6) is -0.870. The van der Waals surface area contributed by atoms with E-state index >= 15 is 4.39 Å². The highest BCUT2D eigenvalue weighted by atomic mass is 19.1. The van der Waals surface area contributed by atoms with Crippen LogP contribution in [0.4, 0.5) is 9.18 Å². The standard InChI is InChI=1S/C26H32FNO5/c1-6-32-23(30)14-21(28-25(31)33-26(3,4)5)20-13-17(12-19(24(20)27)16-8-9-16)18-10-7-15(2)11-22(18)29/h7,10-13,16,21,29H,6,8-9,14H2,1-5H3,(H,28,31)/t21-/m0/s1. The van der Waals surface area contributed by atoms with Gasteiger partial charge in [0, 0.05) is 11.1 Å². The minimum Gasteiger partial charge on any atom is -0.507 e. The summed E-state index contributed by atoms with van der Waals surface area (Å²) < 4.78 is 26.1. The highest BCUT2D eigenvalue weighted by Crippen LogP contribution is 2.45. The number of hydrogen-bond donors (Lipinski definition) is 2. The van der Waals surface area contributed by atoms with Gasteiger partial charge >= 0.3 is 12.1 Å². The fourth-order valence-electron chi connectivity index (χ4n) is 3.73. The second-order valence-electron chi connectivity index (χ2n) is 9.47. The van der Waals surface area contributed by atoms with E-state index in [1.807, 2.05) is 13.0 Å². The van der Waals surface area contributed by atoms with Crippen molar-refractivity contribution in [1.82, 2.24) is 5.32 Å². The summed E-state index contributed by atoms with van der Waals surface area (Å²) in [7, 11) is 0. The van der Waals surface area contributed by atoms with Crippen molar-refractivity contribution in [2.75, 3.05) is 6.61 Å². The number of phenols is 1. The van der Waals surface area contributed by atoms with E-state index in [1.54, 1.807) is 52.0 Å². The summed E-state index contributed by atoms with van der Waals surface area (Å²) in [6, 6.07) is 7.61. The van der Waals surface area contributed by atoms with Crippen LogP contribution in [-0.2, 0) is 14.3 Å². The number of phenolic OH excluding ortho intramolecular Hbond substituents is 1. The van der Waals surface area contributed by atoms with E-state index in [0.29, 0.717) is 16.7 Å². The largest absolute Gasteiger partial charge is 0.507 e. The van der Waals surface area contributed by atoms with Crippen LogP contribution in [0.25, 0.3) is 11.1 Å². The number of rotatable bonds is 7. The number of aromatic hydroxyl groups is 1. The molecule has 33 heavy (non-hydrogen) atoms. The van der Waals surface area contributed by atoms with E-state index in [-0.39, 0.29) is 30.3 Å². The monoisotopic (exact) mass is 457 g/mol. The maximum Gasteiger partial charge on any atom is 0.408 e. The highest BCUT2D eigenvalue weighted by molar-refractivity contribution is 5.76. The number of nitrogens with one attached hydrogen (secondary N) is 1. The van der Waals surface area contributed by atoms with Gasteiger partial charge in [-0.15, -0.1) is 0 Å². The molecule has 1 fully saturated rings. The molecule has 1 atom stereocenters. The number of esters is 1. The Morgan fingerprint density at radius 2 is 1.91 bits per heavy atom. The van der Waals surface area contributed by atoms with Gasteiger partial charge in [-0.1, -0.05) is 12.1 Å². The SMILES string of the molecule is CCOC(=O)C[C@H](NC(=O)OC(C)(C)C)c1cc(-c2ccc(C)cc2O)cc(C2CC2)c1F. The predicted octanol–water partition coefficient (Wildman–Crippen LogP) is 5.90. The lowest BCUT2D eigenvalue weighted by Gasteiger charge is -2.25. The zero-order valence-electron chi connectivity index (χ0n) is 19.8. The molecule has 2 aromatic rings. The van der Waals surface area contributed by atoms with Gasteiger partial charge in [0.15, 0.2) is 0 Å². The van der Waals surface area contributed by atoms with Crippen LogP contribution in [-0.4, -0.2) is 29.4 Å². The Hall–Kier alpha value is -3.09. The first-order valence-corrected chi connectivity index (χ1v) is 11.3. The van der Waals surface area contributed by atoms with E-state index in [0.717, 1.165) is 18.4 Å².